The summed E-state index contributed by atoms with van der Waals surface area (Å²) in [5, 5.41) is 0.775. The summed E-state index contributed by atoms with van der Waals surface area (Å²) in [6, 6.07) is 8.00. The number of ether oxygens (including phenoxy) is 1. The minimum Gasteiger partial charge on any atom is -0.469 e. The fourth-order valence-electron chi connectivity index (χ4n) is 3.06. The average molecular weight is 307 g/mol. The molecule has 0 fully saturated rings. The van der Waals surface area contributed by atoms with Crippen molar-refractivity contribution in [2.45, 2.75) is 44.9 Å². The maximum absolute atomic E-state index is 12.1. The zero-order chi connectivity index (χ0) is 15.1. The van der Waals surface area contributed by atoms with E-state index >= 15 is 0 Å². The first-order valence-corrected chi connectivity index (χ1v) is 8.02. The predicted octanol–water partition coefficient (Wildman–Crippen LogP) is 4.95. The maximum atomic E-state index is 12.1. The molecule has 0 saturated heterocycles. The molecule has 1 aromatic carbocycles. The second-order valence-corrected chi connectivity index (χ2v) is 6.26. The molecule has 1 atom stereocenters. The summed E-state index contributed by atoms with van der Waals surface area (Å²) in [7, 11) is 1.50. The molecule has 0 saturated carbocycles. The highest BCUT2D eigenvalue weighted by atomic mass is 35.5. The fourth-order valence-corrected chi connectivity index (χ4v) is 3.19. The lowest BCUT2D eigenvalue weighted by molar-refractivity contribution is -0.154. The zero-order valence-electron chi connectivity index (χ0n) is 12.6. The number of hydrogen-bond donors (Lipinski definition) is 0. The second-order valence-electron chi connectivity index (χ2n) is 5.82. The molecule has 0 radical (unpaired) electrons. The Morgan fingerprint density at radius 1 is 1.24 bits per heavy atom. The van der Waals surface area contributed by atoms with Crippen molar-refractivity contribution in [3.05, 3.63) is 47.0 Å². The molecule has 0 N–H and O–H groups in total. The number of benzene rings is 1. The van der Waals surface area contributed by atoms with Gasteiger partial charge in [-0.1, -0.05) is 42.3 Å². The Morgan fingerprint density at radius 2 is 2.00 bits per heavy atom. The van der Waals surface area contributed by atoms with Gasteiger partial charge in [0.25, 0.3) is 0 Å². The van der Waals surface area contributed by atoms with E-state index in [9.17, 15) is 4.79 Å². The Hall–Kier alpha value is -1.28. The first kappa shape index (κ1) is 16.1. The molecule has 1 aromatic rings. The van der Waals surface area contributed by atoms with E-state index in [0.29, 0.717) is 0 Å². The van der Waals surface area contributed by atoms with Crippen LogP contribution in [0.5, 0.6) is 0 Å². The molecule has 0 bridgehead atoms. The summed E-state index contributed by atoms with van der Waals surface area (Å²) < 4.78 is 5.03. The highest BCUT2D eigenvalue weighted by Crippen LogP contribution is 2.39. The second kappa shape index (κ2) is 7.65. The lowest BCUT2D eigenvalue weighted by Gasteiger charge is -2.32. The quantitative estimate of drug-likeness (QED) is 0.422. The summed E-state index contributed by atoms with van der Waals surface area (Å²) in [6.45, 7) is 0. The van der Waals surface area contributed by atoms with Crippen molar-refractivity contribution >= 4 is 17.6 Å². The number of aryl methyl sites for hydroxylation is 1. The number of carbonyl (C=O) groups excluding carboxylic acids is 1. The minimum atomic E-state index is -0.288. The Kier molecular flexibility index (Phi) is 5.86. The van der Waals surface area contributed by atoms with Crippen LogP contribution in [0.25, 0.3) is 0 Å². The minimum absolute atomic E-state index is 0.0432. The van der Waals surface area contributed by atoms with Gasteiger partial charge in [-0.15, -0.1) is 0 Å². The predicted molar refractivity (Wildman–Crippen MR) is 86.4 cm³/mol. The third-order valence-corrected chi connectivity index (χ3v) is 4.62. The van der Waals surface area contributed by atoms with Gasteiger partial charge in [0.15, 0.2) is 0 Å². The van der Waals surface area contributed by atoms with Crippen LogP contribution in [0.1, 0.15) is 44.1 Å². The third-order valence-electron chi connectivity index (χ3n) is 4.37. The highest BCUT2D eigenvalue weighted by molar-refractivity contribution is 6.30. The molecule has 0 heterocycles. The van der Waals surface area contributed by atoms with Gasteiger partial charge in [0.05, 0.1) is 12.5 Å². The van der Waals surface area contributed by atoms with Crippen LogP contribution < -0.4 is 0 Å². The van der Waals surface area contributed by atoms with Crippen molar-refractivity contribution in [3.8, 4) is 0 Å². The first-order valence-electron chi connectivity index (χ1n) is 7.64. The molecule has 1 aliphatic carbocycles. The Bertz CT molecular complexity index is 492. The summed E-state index contributed by atoms with van der Waals surface area (Å²) in [5.74, 6) is -0.0432. The summed E-state index contributed by atoms with van der Waals surface area (Å²) in [5.41, 5.74) is 1.01. The number of esters is 1. The fraction of sp³-hybridized carbons (Fsp3) is 0.500. The van der Waals surface area contributed by atoms with Crippen LogP contribution in [0.2, 0.25) is 5.02 Å². The van der Waals surface area contributed by atoms with E-state index in [1.165, 1.54) is 12.7 Å². The molecule has 2 nitrogen and oxygen atoms in total. The van der Waals surface area contributed by atoms with Gasteiger partial charge < -0.3 is 4.74 Å². The Labute approximate surface area is 132 Å². The number of hydrogen-bond acceptors (Lipinski definition) is 2. The molecule has 1 unspecified atom stereocenters. The summed E-state index contributed by atoms with van der Waals surface area (Å²) >= 11 is 5.89. The van der Waals surface area contributed by atoms with Crippen molar-refractivity contribution < 1.29 is 9.53 Å². The smallest absolute Gasteiger partial charge is 0.312 e. The summed E-state index contributed by atoms with van der Waals surface area (Å²) in [4.78, 5) is 12.1. The standard InChI is InChI=1S/C18H23ClO2/c1-21-17(20)18(12-4-2-5-13-18)14-6-3-7-15-8-10-16(19)11-9-15/h2,4,8-11H,3,5-7,12-14H2,1H3. The van der Waals surface area contributed by atoms with Crippen LogP contribution in [-0.4, -0.2) is 13.1 Å². The van der Waals surface area contributed by atoms with Crippen molar-refractivity contribution in [1.82, 2.24) is 0 Å². The molecular formula is C18H23ClO2. The molecule has 0 amide bonds. The number of carbonyl (C=O) groups is 1. The van der Waals surface area contributed by atoms with Crippen LogP contribution in [0, 0.1) is 5.41 Å². The van der Waals surface area contributed by atoms with E-state index < -0.39 is 0 Å². The van der Waals surface area contributed by atoms with E-state index in [2.05, 4.69) is 24.3 Å². The van der Waals surface area contributed by atoms with Gasteiger partial charge in [0.1, 0.15) is 0 Å². The van der Waals surface area contributed by atoms with Crippen molar-refractivity contribution in [2.24, 2.45) is 5.41 Å². The SMILES string of the molecule is COC(=O)C1(CCCCc2ccc(Cl)cc2)CC=CCC1. The van der Waals surface area contributed by atoms with Crippen LogP contribution in [0.15, 0.2) is 36.4 Å². The lowest BCUT2D eigenvalue weighted by Crippen LogP contribution is -2.33. The van der Waals surface area contributed by atoms with E-state index in [0.717, 1.165) is 50.0 Å². The highest BCUT2D eigenvalue weighted by Gasteiger charge is 2.38. The third kappa shape index (κ3) is 4.34. The number of rotatable bonds is 6. The molecule has 0 spiro atoms. The van der Waals surface area contributed by atoms with Gasteiger partial charge in [-0.25, -0.2) is 0 Å². The monoisotopic (exact) mass is 306 g/mol. The molecule has 1 aliphatic rings. The number of unbranched alkanes of at least 4 members (excludes halogenated alkanes) is 1. The first-order chi connectivity index (χ1) is 10.2. The normalized spacial score (nSPS) is 21.2. The van der Waals surface area contributed by atoms with Gasteiger partial charge in [-0.2, -0.15) is 0 Å². The molecule has 2 rings (SSSR count). The maximum Gasteiger partial charge on any atom is 0.312 e. The van der Waals surface area contributed by atoms with Crippen LogP contribution >= 0.6 is 11.6 Å². The van der Waals surface area contributed by atoms with Gasteiger partial charge in [0, 0.05) is 5.02 Å². The van der Waals surface area contributed by atoms with Crippen LogP contribution in [0.3, 0.4) is 0 Å². The number of methoxy groups -OCH3 is 1. The topological polar surface area (TPSA) is 26.3 Å². The molecular weight excluding hydrogens is 284 g/mol. The van der Waals surface area contributed by atoms with Gasteiger partial charge in [-0.05, 0) is 56.2 Å². The van der Waals surface area contributed by atoms with Gasteiger partial charge in [-0.3, -0.25) is 4.79 Å². The van der Waals surface area contributed by atoms with Crippen molar-refractivity contribution in [3.63, 3.8) is 0 Å². The number of halogens is 1. The lowest BCUT2D eigenvalue weighted by atomic mass is 9.73. The van der Waals surface area contributed by atoms with Gasteiger partial charge in [0.2, 0.25) is 0 Å². The van der Waals surface area contributed by atoms with E-state index in [1.54, 1.807) is 0 Å². The molecule has 114 valence electrons. The molecule has 21 heavy (non-hydrogen) atoms. The van der Waals surface area contributed by atoms with E-state index in [1.807, 2.05) is 12.1 Å². The largest absolute Gasteiger partial charge is 0.469 e. The van der Waals surface area contributed by atoms with Crippen molar-refractivity contribution in [2.75, 3.05) is 7.11 Å². The molecule has 0 aromatic heterocycles. The van der Waals surface area contributed by atoms with Crippen LogP contribution in [-0.2, 0) is 16.0 Å². The van der Waals surface area contributed by atoms with Crippen molar-refractivity contribution in [1.29, 1.82) is 0 Å². The summed E-state index contributed by atoms with van der Waals surface area (Å²) in [6.07, 6.45) is 11.1. The molecule has 0 aliphatic heterocycles. The number of allylic oxidation sites excluding steroid dienone is 2. The van der Waals surface area contributed by atoms with E-state index in [4.69, 9.17) is 16.3 Å². The Morgan fingerprint density at radius 3 is 2.62 bits per heavy atom. The molecule has 3 heteroatoms. The van der Waals surface area contributed by atoms with Gasteiger partial charge >= 0.3 is 5.97 Å². The Balaban J connectivity index is 1.83. The van der Waals surface area contributed by atoms with Crippen LogP contribution in [0.4, 0.5) is 0 Å². The average Bonchev–Trinajstić information content (AvgIpc) is 2.53. The van der Waals surface area contributed by atoms with E-state index in [-0.39, 0.29) is 11.4 Å². The zero-order valence-corrected chi connectivity index (χ0v) is 13.4.